The van der Waals surface area contributed by atoms with Crippen LogP contribution in [0.3, 0.4) is 0 Å². The molecular formula is C27H31NO3. The number of benzene rings is 2. The average Bonchev–Trinajstić information content (AvgIpc) is 2.71. The minimum Gasteiger partial charge on any atom is -0.504 e. The van der Waals surface area contributed by atoms with Crippen molar-refractivity contribution in [2.24, 2.45) is 5.92 Å². The number of hydrogen-bond acceptors (Lipinski definition) is 4. The lowest BCUT2D eigenvalue weighted by atomic mass is 9.76. The molecule has 2 heterocycles. The molecule has 0 spiro atoms. The van der Waals surface area contributed by atoms with Crippen LogP contribution in [-0.4, -0.2) is 17.8 Å². The molecule has 5 rings (SSSR count). The summed E-state index contributed by atoms with van der Waals surface area (Å²) in [5.41, 5.74) is 8.06. The number of hydrogen-bond donors (Lipinski definition) is 2. The molecule has 3 aliphatic rings. The normalized spacial score (nSPS) is 23.3. The fourth-order valence-electron chi connectivity index (χ4n) is 5.66. The smallest absolute Gasteiger partial charge is 0.172 e. The van der Waals surface area contributed by atoms with Crippen molar-refractivity contribution >= 4 is 11.3 Å². The van der Waals surface area contributed by atoms with E-state index in [1.807, 2.05) is 6.07 Å². The lowest BCUT2D eigenvalue weighted by Gasteiger charge is -2.40. The molecule has 2 N–H and O–H groups in total. The third kappa shape index (κ3) is 3.20. The van der Waals surface area contributed by atoms with Crippen molar-refractivity contribution in [2.75, 3.05) is 12.4 Å². The minimum absolute atomic E-state index is 0.0756. The second-order valence-corrected chi connectivity index (χ2v) is 9.72. The van der Waals surface area contributed by atoms with Crippen LogP contribution in [0.2, 0.25) is 0 Å². The molecule has 2 aromatic carbocycles. The van der Waals surface area contributed by atoms with Gasteiger partial charge in [-0.3, -0.25) is 0 Å². The molecule has 1 aliphatic carbocycles. The first-order valence-corrected chi connectivity index (χ1v) is 11.2. The van der Waals surface area contributed by atoms with Gasteiger partial charge in [-0.1, -0.05) is 23.8 Å². The molecule has 0 amide bonds. The molecule has 4 nitrogen and oxygen atoms in total. The van der Waals surface area contributed by atoms with Crippen LogP contribution in [-0.2, 0) is 0 Å². The van der Waals surface area contributed by atoms with E-state index in [1.165, 1.54) is 28.7 Å². The number of ether oxygens (including phenoxy) is 2. The summed E-state index contributed by atoms with van der Waals surface area (Å²) in [4.78, 5) is 0. The summed E-state index contributed by atoms with van der Waals surface area (Å²) >= 11 is 0. The van der Waals surface area contributed by atoms with Crippen LogP contribution in [0.5, 0.6) is 17.2 Å². The van der Waals surface area contributed by atoms with E-state index in [0.717, 1.165) is 35.4 Å². The van der Waals surface area contributed by atoms with E-state index < -0.39 is 0 Å². The first-order chi connectivity index (χ1) is 14.8. The van der Waals surface area contributed by atoms with Crippen LogP contribution in [0.4, 0.5) is 5.69 Å². The Morgan fingerprint density at radius 1 is 1.13 bits per heavy atom. The first-order valence-electron chi connectivity index (χ1n) is 11.2. The standard InChI is InChI=1S/C27H31NO3/c1-15-7-6-8-17(13-15)25-24-18(23-21(31-25)12-11-20(29)26(23)30-5)9-10-19-22(24)16(2)14-27(3,4)28-19/h9-14,17,25,28-29H,6-8H2,1-5H3/t17-,25+/m1/s1. The first kappa shape index (κ1) is 20.0. The third-order valence-electron chi connectivity index (χ3n) is 6.78. The van der Waals surface area contributed by atoms with Gasteiger partial charge in [-0.15, -0.1) is 0 Å². The van der Waals surface area contributed by atoms with Crippen molar-refractivity contribution in [3.8, 4) is 28.4 Å². The van der Waals surface area contributed by atoms with Crippen molar-refractivity contribution < 1.29 is 14.6 Å². The van der Waals surface area contributed by atoms with Gasteiger partial charge in [0.2, 0.25) is 0 Å². The van der Waals surface area contributed by atoms with E-state index in [0.29, 0.717) is 11.7 Å². The molecule has 0 radical (unpaired) electrons. The van der Waals surface area contributed by atoms with Crippen LogP contribution < -0.4 is 14.8 Å². The predicted molar refractivity (Wildman–Crippen MR) is 126 cm³/mol. The molecule has 0 saturated carbocycles. The van der Waals surface area contributed by atoms with Crippen molar-refractivity contribution in [3.05, 3.63) is 53.1 Å². The molecule has 4 heteroatoms. The summed E-state index contributed by atoms with van der Waals surface area (Å²) in [5, 5.41) is 14.2. The number of nitrogens with one attached hydrogen (secondary N) is 1. The Morgan fingerprint density at radius 2 is 1.94 bits per heavy atom. The highest BCUT2D eigenvalue weighted by Gasteiger charge is 2.38. The Balaban J connectivity index is 1.80. The van der Waals surface area contributed by atoms with E-state index in [2.05, 4.69) is 57.3 Å². The Hall–Kier alpha value is -2.88. The van der Waals surface area contributed by atoms with E-state index in [-0.39, 0.29) is 17.4 Å². The van der Waals surface area contributed by atoms with Gasteiger partial charge in [-0.2, -0.15) is 0 Å². The molecule has 0 unspecified atom stereocenters. The van der Waals surface area contributed by atoms with Crippen LogP contribution in [0.15, 0.2) is 42.0 Å². The lowest BCUT2D eigenvalue weighted by Crippen LogP contribution is -2.33. The average molecular weight is 418 g/mol. The van der Waals surface area contributed by atoms with Crippen LogP contribution in [0.1, 0.15) is 64.2 Å². The quantitative estimate of drug-likeness (QED) is 0.524. The molecule has 2 atom stereocenters. The number of methoxy groups -OCH3 is 1. The summed E-state index contributed by atoms with van der Waals surface area (Å²) in [6, 6.07) is 7.84. The highest BCUT2D eigenvalue weighted by Crippen LogP contribution is 2.56. The van der Waals surface area contributed by atoms with Gasteiger partial charge in [0, 0.05) is 22.7 Å². The molecule has 31 heavy (non-hydrogen) atoms. The molecule has 2 aliphatic heterocycles. The number of phenols is 1. The molecular weight excluding hydrogens is 386 g/mol. The van der Waals surface area contributed by atoms with Gasteiger partial charge in [0.15, 0.2) is 11.5 Å². The zero-order valence-electron chi connectivity index (χ0n) is 19.0. The van der Waals surface area contributed by atoms with Crippen molar-refractivity contribution in [1.29, 1.82) is 0 Å². The number of fused-ring (bicyclic) bond motifs is 5. The van der Waals surface area contributed by atoms with E-state index in [4.69, 9.17) is 9.47 Å². The molecule has 0 bridgehead atoms. The molecule has 2 aromatic rings. The van der Waals surface area contributed by atoms with Crippen molar-refractivity contribution in [2.45, 2.75) is 58.6 Å². The summed E-state index contributed by atoms with van der Waals surface area (Å²) in [5.74, 6) is 1.69. The predicted octanol–water partition coefficient (Wildman–Crippen LogP) is 6.86. The van der Waals surface area contributed by atoms with Crippen LogP contribution >= 0.6 is 0 Å². The van der Waals surface area contributed by atoms with Gasteiger partial charge in [0.1, 0.15) is 11.9 Å². The monoisotopic (exact) mass is 417 g/mol. The zero-order valence-corrected chi connectivity index (χ0v) is 19.0. The number of anilines is 1. The summed E-state index contributed by atoms with van der Waals surface area (Å²) in [6.07, 6.45) is 8.08. The Morgan fingerprint density at radius 3 is 2.68 bits per heavy atom. The van der Waals surface area contributed by atoms with Gasteiger partial charge in [-0.05, 0) is 76.3 Å². The molecule has 0 aromatic heterocycles. The highest BCUT2D eigenvalue weighted by atomic mass is 16.5. The fourth-order valence-corrected chi connectivity index (χ4v) is 5.66. The summed E-state index contributed by atoms with van der Waals surface area (Å²) < 4.78 is 12.3. The number of phenolic OH excluding ortho intramolecular Hbond substituents is 1. The van der Waals surface area contributed by atoms with Crippen molar-refractivity contribution in [1.82, 2.24) is 0 Å². The lowest BCUT2D eigenvalue weighted by molar-refractivity contribution is 0.144. The second-order valence-electron chi connectivity index (χ2n) is 9.72. The molecule has 0 fully saturated rings. The van der Waals surface area contributed by atoms with E-state index in [1.54, 1.807) is 13.2 Å². The summed E-state index contributed by atoms with van der Waals surface area (Å²) in [7, 11) is 1.60. The number of rotatable bonds is 2. The minimum atomic E-state index is -0.106. The van der Waals surface area contributed by atoms with Crippen molar-refractivity contribution in [3.63, 3.8) is 0 Å². The molecule has 162 valence electrons. The highest BCUT2D eigenvalue weighted by molar-refractivity contribution is 5.92. The van der Waals surface area contributed by atoms with E-state index >= 15 is 0 Å². The van der Waals surface area contributed by atoms with Crippen LogP contribution in [0.25, 0.3) is 16.7 Å². The van der Waals surface area contributed by atoms with Gasteiger partial charge in [0.25, 0.3) is 0 Å². The maximum absolute atomic E-state index is 10.5. The number of allylic oxidation sites excluding steroid dienone is 2. The van der Waals surface area contributed by atoms with Gasteiger partial charge >= 0.3 is 0 Å². The Bertz CT molecular complexity index is 1130. The Kier molecular flexibility index (Phi) is 4.58. The maximum atomic E-state index is 10.5. The van der Waals surface area contributed by atoms with Gasteiger partial charge < -0.3 is 19.9 Å². The van der Waals surface area contributed by atoms with E-state index in [9.17, 15) is 5.11 Å². The summed E-state index contributed by atoms with van der Waals surface area (Å²) in [6.45, 7) is 8.80. The third-order valence-corrected chi connectivity index (χ3v) is 6.78. The van der Waals surface area contributed by atoms with Crippen LogP contribution in [0, 0.1) is 5.92 Å². The second kappa shape index (κ2) is 7.08. The Labute approximate surface area is 184 Å². The molecule has 0 saturated heterocycles. The zero-order chi connectivity index (χ0) is 21.9. The van der Waals surface area contributed by atoms with Gasteiger partial charge in [-0.25, -0.2) is 0 Å². The number of aromatic hydroxyl groups is 1. The SMILES string of the molecule is COc1c(O)ccc2c1-c1ccc3c(c1[C@H]([C@H]1C=C(C)CCC1)O2)C(C)=CC(C)(C)N3. The fraction of sp³-hybridized carbons (Fsp3) is 0.407. The maximum Gasteiger partial charge on any atom is 0.172 e. The van der Waals surface area contributed by atoms with Gasteiger partial charge in [0.05, 0.1) is 18.2 Å². The largest absolute Gasteiger partial charge is 0.504 e. The topological polar surface area (TPSA) is 50.7 Å².